The van der Waals surface area contributed by atoms with Crippen molar-refractivity contribution in [2.45, 2.75) is 37.8 Å². The third kappa shape index (κ3) is 4.48. The van der Waals surface area contributed by atoms with Crippen molar-refractivity contribution in [1.29, 1.82) is 0 Å². The summed E-state index contributed by atoms with van der Waals surface area (Å²) in [5.41, 5.74) is 1.45. The van der Waals surface area contributed by atoms with E-state index < -0.39 is 15.6 Å². The van der Waals surface area contributed by atoms with E-state index in [9.17, 15) is 13.2 Å². The summed E-state index contributed by atoms with van der Waals surface area (Å²) < 4.78 is 36.7. The Labute approximate surface area is 165 Å². The molecule has 1 saturated heterocycles. The smallest absolute Gasteiger partial charge is 0.251 e. The van der Waals surface area contributed by atoms with Crippen molar-refractivity contribution in [3.05, 3.63) is 29.3 Å². The second-order valence-electron chi connectivity index (χ2n) is 7.51. The van der Waals surface area contributed by atoms with Gasteiger partial charge in [0.15, 0.2) is 0 Å². The Hall–Kier alpha value is -1.68. The third-order valence-electron chi connectivity index (χ3n) is 5.33. The van der Waals surface area contributed by atoms with E-state index in [4.69, 9.17) is 14.6 Å². The van der Waals surface area contributed by atoms with Crippen LogP contribution in [-0.4, -0.2) is 70.3 Å². The Balaban J connectivity index is 1.71. The van der Waals surface area contributed by atoms with Crippen LogP contribution in [0.1, 0.15) is 35.7 Å². The molecule has 2 aliphatic heterocycles. The van der Waals surface area contributed by atoms with Gasteiger partial charge in [0.05, 0.1) is 30.8 Å². The van der Waals surface area contributed by atoms with E-state index in [2.05, 4.69) is 5.32 Å². The van der Waals surface area contributed by atoms with Crippen molar-refractivity contribution < 1.29 is 27.8 Å². The van der Waals surface area contributed by atoms with Crippen molar-refractivity contribution in [3.63, 3.8) is 0 Å². The molecule has 1 atom stereocenters. The maximum absolute atomic E-state index is 12.7. The van der Waals surface area contributed by atoms with Gasteiger partial charge < -0.3 is 19.9 Å². The molecule has 9 heteroatoms. The zero-order valence-electron chi connectivity index (χ0n) is 16.3. The van der Waals surface area contributed by atoms with Crippen LogP contribution in [0, 0.1) is 0 Å². The lowest BCUT2D eigenvalue weighted by Gasteiger charge is -2.37. The van der Waals surface area contributed by atoms with Crippen LogP contribution in [0.2, 0.25) is 0 Å². The van der Waals surface area contributed by atoms with E-state index in [0.29, 0.717) is 50.3 Å². The van der Waals surface area contributed by atoms with Gasteiger partial charge in [0.25, 0.3) is 5.91 Å². The van der Waals surface area contributed by atoms with Crippen LogP contribution in [0.5, 0.6) is 0 Å². The van der Waals surface area contributed by atoms with Crippen LogP contribution in [0.4, 0.5) is 5.69 Å². The second-order valence-corrected chi connectivity index (χ2v) is 9.37. The molecule has 0 radical (unpaired) electrons. The van der Waals surface area contributed by atoms with Gasteiger partial charge in [0.1, 0.15) is 0 Å². The number of carbonyl (C=O) groups is 1. The van der Waals surface area contributed by atoms with Crippen molar-refractivity contribution >= 4 is 21.6 Å². The molecule has 8 nitrogen and oxygen atoms in total. The maximum atomic E-state index is 12.7. The summed E-state index contributed by atoms with van der Waals surface area (Å²) >= 11 is 0. The van der Waals surface area contributed by atoms with Crippen molar-refractivity contribution in [1.82, 2.24) is 5.32 Å². The molecule has 2 heterocycles. The standard InChI is InChI=1S/C19H28N2O6S/c1-14-11-16-12-15(3-4-17(16)21(14)28(2,24)25)18(23)20-13-19(27-10-7-22)5-8-26-9-6-19/h3-4,12,14,22H,5-11,13H2,1-2H3,(H,20,23)/t14-/m1/s1. The van der Waals surface area contributed by atoms with Gasteiger partial charge in [-0.3, -0.25) is 9.10 Å². The number of benzene rings is 1. The number of anilines is 1. The number of amides is 1. The summed E-state index contributed by atoms with van der Waals surface area (Å²) in [6.07, 6.45) is 3.07. The topological polar surface area (TPSA) is 105 Å². The molecule has 156 valence electrons. The Morgan fingerprint density at radius 3 is 2.75 bits per heavy atom. The first-order valence-electron chi connectivity index (χ1n) is 9.49. The number of nitrogens with one attached hydrogen (secondary N) is 1. The lowest BCUT2D eigenvalue weighted by atomic mass is 9.93. The average Bonchev–Trinajstić information content (AvgIpc) is 3.00. The molecule has 28 heavy (non-hydrogen) atoms. The van der Waals surface area contributed by atoms with Gasteiger partial charge in [-0.05, 0) is 37.1 Å². The molecule has 0 saturated carbocycles. The number of aliphatic hydroxyl groups excluding tert-OH is 1. The number of aliphatic hydroxyl groups is 1. The Bertz CT molecular complexity index is 820. The first-order valence-corrected chi connectivity index (χ1v) is 11.3. The quantitative estimate of drug-likeness (QED) is 0.683. The van der Waals surface area contributed by atoms with Gasteiger partial charge in [-0.1, -0.05) is 0 Å². The van der Waals surface area contributed by atoms with Crippen LogP contribution < -0.4 is 9.62 Å². The molecule has 0 aliphatic carbocycles. The highest BCUT2D eigenvalue weighted by molar-refractivity contribution is 7.92. The lowest BCUT2D eigenvalue weighted by molar-refractivity contribution is -0.114. The van der Waals surface area contributed by atoms with E-state index in [1.807, 2.05) is 6.92 Å². The molecule has 2 aliphatic rings. The minimum absolute atomic E-state index is 0.0730. The van der Waals surface area contributed by atoms with Gasteiger partial charge in [0.2, 0.25) is 10.0 Å². The average molecular weight is 413 g/mol. The molecule has 0 bridgehead atoms. The SMILES string of the molecule is C[C@@H]1Cc2cc(C(=O)NCC3(OCCO)CCOCC3)ccc2N1S(C)(=O)=O. The molecule has 0 spiro atoms. The number of hydrogen-bond donors (Lipinski definition) is 2. The molecule has 3 rings (SSSR count). The van der Waals surface area contributed by atoms with Crippen LogP contribution in [-0.2, 0) is 25.9 Å². The predicted octanol–water partition coefficient (Wildman–Crippen LogP) is 0.685. The monoisotopic (exact) mass is 412 g/mol. The molecule has 1 aromatic rings. The van der Waals surface area contributed by atoms with Crippen molar-refractivity contribution in [3.8, 4) is 0 Å². The van der Waals surface area contributed by atoms with Crippen molar-refractivity contribution in [2.75, 3.05) is 43.5 Å². The number of ether oxygens (including phenoxy) is 2. The highest BCUT2D eigenvalue weighted by atomic mass is 32.2. The van der Waals surface area contributed by atoms with Crippen LogP contribution >= 0.6 is 0 Å². The fourth-order valence-corrected chi connectivity index (χ4v) is 5.23. The van der Waals surface area contributed by atoms with Crippen LogP contribution in [0.15, 0.2) is 18.2 Å². The number of nitrogens with zero attached hydrogens (tertiary/aromatic N) is 1. The Kier molecular flexibility index (Phi) is 6.28. The number of carbonyl (C=O) groups excluding carboxylic acids is 1. The maximum Gasteiger partial charge on any atom is 0.251 e. The number of fused-ring (bicyclic) bond motifs is 1. The van der Waals surface area contributed by atoms with Gasteiger partial charge in [-0.25, -0.2) is 8.42 Å². The summed E-state index contributed by atoms with van der Waals surface area (Å²) in [5.74, 6) is -0.230. The molecular formula is C19H28N2O6S. The number of sulfonamides is 1. The Morgan fingerprint density at radius 1 is 1.39 bits per heavy atom. The highest BCUT2D eigenvalue weighted by Crippen LogP contribution is 2.34. The molecule has 0 aromatic heterocycles. The van der Waals surface area contributed by atoms with E-state index in [0.717, 1.165) is 5.56 Å². The van der Waals surface area contributed by atoms with Crippen molar-refractivity contribution in [2.24, 2.45) is 0 Å². The number of rotatable bonds is 7. The molecule has 2 N–H and O–H groups in total. The fourth-order valence-electron chi connectivity index (χ4n) is 3.97. The summed E-state index contributed by atoms with van der Waals surface area (Å²) in [6.45, 7) is 3.44. The summed E-state index contributed by atoms with van der Waals surface area (Å²) in [5, 5.41) is 12.0. The molecule has 1 aromatic carbocycles. The van der Waals surface area contributed by atoms with Gasteiger partial charge in [-0.2, -0.15) is 0 Å². The lowest BCUT2D eigenvalue weighted by Crippen LogP contribution is -2.49. The van der Waals surface area contributed by atoms with Gasteiger partial charge in [0, 0.05) is 44.2 Å². The Morgan fingerprint density at radius 2 is 2.11 bits per heavy atom. The van der Waals surface area contributed by atoms with E-state index >= 15 is 0 Å². The zero-order valence-corrected chi connectivity index (χ0v) is 17.1. The first-order chi connectivity index (χ1) is 13.3. The molecular weight excluding hydrogens is 384 g/mol. The summed E-state index contributed by atoms with van der Waals surface area (Å²) in [6, 6.07) is 4.94. The van der Waals surface area contributed by atoms with Crippen LogP contribution in [0.25, 0.3) is 0 Å². The van der Waals surface area contributed by atoms with E-state index in [-0.39, 0.29) is 25.2 Å². The summed E-state index contributed by atoms with van der Waals surface area (Å²) in [4.78, 5) is 12.7. The zero-order chi connectivity index (χ0) is 20.4. The van der Waals surface area contributed by atoms with E-state index in [1.54, 1.807) is 18.2 Å². The second kappa shape index (κ2) is 8.36. The normalized spacial score (nSPS) is 21.4. The fraction of sp³-hybridized carbons (Fsp3) is 0.632. The van der Waals surface area contributed by atoms with E-state index in [1.165, 1.54) is 10.6 Å². The largest absolute Gasteiger partial charge is 0.394 e. The van der Waals surface area contributed by atoms with Crippen LogP contribution in [0.3, 0.4) is 0 Å². The first kappa shape index (κ1) is 21.0. The molecule has 1 fully saturated rings. The molecule has 1 amide bonds. The third-order valence-corrected chi connectivity index (χ3v) is 6.60. The van der Waals surface area contributed by atoms with Gasteiger partial charge in [-0.15, -0.1) is 0 Å². The minimum Gasteiger partial charge on any atom is -0.394 e. The summed E-state index contributed by atoms with van der Waals surface area (Å²) in [7, 11) is -3.36. The number of hydrogen-bond acceptors (Lipinski definition) is 6. The molecule has 0 unspecified atom stereocenters. The minimum atomic E-state index is -3.36. The predicted molar refractivity (Wildman–Crippen MR) is 105 cm³/mol. The highest BCUT2D eigenvalue weighted by Gasteiger charge is 2.35. The van der Waals surface area contributed by atoms with Gasteiger partial charge >= 0.3 is 0 Å².